The Morgan fingerprint density at radius 2 is 1.83 bits per heavy atom. The second kappa shape index (κ2) is 8.20. The Morgan fingerprint density at radius 3 is 2.41 bits per heavy atom. The first-order valence-corrected chi connectivity index (χ1v) is 10.8. The van der Waals surface area contributed by atoms with Crippen LogP contribution in [0, 0.1) is 23.4 Å². The average molecular weight is 444 g/mol. The average Bonchev–Trinajstić information content (AvgIpc) is 3.03. The molecule has 0 heterocycles. The topological polar surface area (TPSA) is 63.2 Å². The third-order valence-electron chi connectivity index (χ3n) is 4.82. The lowest BCUT2D eigenvalue weighted by atomic mass is 10.1. The molecule has 1 aliphatic carbocycles. The molecule has 1 saturated carbocycles. The zero-order chi connectivity index (χ0) is 21.3. The lowest BCUT2D eigenvalue weighted by Gasteiger charge is -2.14. The molecule has 0 aliphatic heterocycles. The van der Waals surface area contributed by atoms with Gasteiger partial charge in [-0.2, -0.15) is 0 Å². The summed E-state index contributed by atoms with van der Waals surface area (Å²) >= 11 is 6.05. The molecule has 0 saturated heterocycles. The number of hydrogen-bond acceptors (Lipinski definition) is 3. The van der Waals surface area contributed by atoms with Crippen LogP contribution in [0.4, 0.5) is 18.9 Å². The van der Waals surface area contributed by atoms with Crippen molar-refractivity contribution < 1.29 is 26.4 Å². The molecule has 154 valence electrons. The molecule has 0 unspecified atom stereocenters. The predicted molar refractivity (Wildman–Crippen MR) is 104 cm³/mol. The number of carbonyl (C=O) groups excluding carboxylic acids is 1. The Hall–Kier alpha value is -2.32. The molecule has 4 nitrogen and oxygen atoms in total. The summed E-state index contributed by atoms with van der Waals surface area (Å²) in [6.45, 7) is 3.90. The molecule has 2 aromatic rings. The van der Waals surface area contributed by atoms with Crippen molar-refractivity contribution in [3.05, 3.63) is 70.5 Å². The van der Waals surface area contributed by atoms with Gasteiger partial charge in [0.2, 0.25) is 0 Å². The summed E-state index contributed by atoms with van der Waals surface area (Å²) in [6, 6.07) is 4.90. The van der Waals surface area contributed by atoms with Gasteiger partial charge >= 0.3 is 0 Å². The molecule has 1 aliphatic rings. The molecule has 29 heavy (non-hydrogen) atoms. The van der Waals surface area contributed by atoms with Crippen LogP contribution in [0.15, 0.2) is 47.4 Å². The highest BCUT2D eigenvalue weighted by Gasteiger charge is 2.28. The van der Waals surface area contributed by atoms with Crippen molar-refractivity contribution in [1.29, 1.82) is 0 Å². The Morgan fingerprint density at radius 1 is 1.17 bits per heavy atom. The largest absolute Gasteiger partial charge is 0.322 e. The highest BCUT2D eigenvalue weighted by Crippen LogP contribution is 2.34. The maximum absolute atomic E-state index is 13.3. The van der Waals surface area contributed by atoms with Gasteiger partial charge in [0.1, 0.15) is 0 Å². The monoisotopic (exact) mass is 443 g/mol. The first kappa shape index (κ1) is 21.4. The standard InChI is InChI=1S/C20H17ClF3NO3S/c1-11-3-2-4-13(11)10-29(27,28)18-7-12(5-6-15(18)21)20(26)25-14-8-16(22)19(24)17(23)9-14/h5-9,13H,1-4,10H2,(H,25,26)/t13-/m0/s1. The minimum Gasteiger partial charge on any atom is -0.322 e. The first-order chi connectivity index (χ1) is 13.6. The Balaban J connectivity index is 1.86. The van der Waals surface area contributed by atoms with E-state index < -0.39 is 33.2 Å². The van der Waals surface area contributed by atoms with Crippen molar-refractivity contribution >= 4 is 33.0 Å². The summed E-state index contributed by atoms with van der Waals surface area (Å²) in [7, 11) is -3.80. The van der Waals surface area contributed by atoms with Crippen LogP contribution < -0.4 is 5.32 Å². The smallest absolute Gasteiger partial charge is 0.255 e. The fourth-order valence-electron chi connectivity index (χ4n) is 3.25. The molecule has 1 fully saturated rings. The molecule has 2 aromatic carbocycles. The lowest BCUT2D eigenvalue weighted by Crippen LogP contribution is -2.17. The fraction of sp³-hybridized carbons (Fsp3) is 0.250. The van der Waals surface area contributed by atoms with E-state index in [1.165, 1.54) is 12.1 Å². The molecule has 1 amide bonds. The van der Waals surface area contributed by atoms with Gasteiger partial charge in [0.15, 0.2) is 27.3 Å². The van der Waals surface area contributed by atoms with Crippen molar-refractivity contribution in [3.8, 4) is 0 Å². The second-order valence-corrected chi connectivity index (χ2v) is 9.29. The summed E-state index contributed by atoms with van der Waals surface area (Å²) in [5.41, 5.74) is 0.482. The highest BCUT2D eigenvalue weighted by atomic mass is 35.5. The molecule has 0 aromatic heterocycles. The SMILES string of the molecule is C=C1CCC[C@H]1CS(=O)(=O)c1cc(C(=O)Nc2cc(F)c(F)c(F)c2)ccc1Cl. The van der Waals surface area contributed by atoms with Crippen LogP contribution in [0.2, 0.25) is 5.02 Å². The number of carbonyl (C=O) groups is 1. The maximum atomic E-state index is 13.3. The summed E-state index contributed by atoms with van der Waals surface area (Å²) in [5, 5.41) is 2.17. The fourth-order valence-corrected chi connectivity index (χ4v) is 5.51. The minimum absolute atomic E-state index is 0.0379. The molecular formula is C20H17ClF3NO3S. The van der Waals surface area contributed by atoms with Gasteiger partial charge in [-0.15, -0.1) is 0 Å². The van der Waals surface area contributed by atoms with Gasteiger partial charge in [-0.3, -0.25) is 4.79 Å². The number of nitrogens with one attached hydrogen (secondary N) is 1. The molecule has 1 N–H and O–H groups in total. The van der Waals surface area contributed by atoms with Gasteiger partial charge in [0, 0.05) is 23.4 Å². The summed E-state index contributed by atoms with van der Waals surface area (Å²) in [4.78, 5) is 12.2. The normalized spacial score (nSPS) is 16.8. The minimum atomic E-state index is -3.80. The predicted octanol–water partition coefficient (Wildman–Crippen LogP) is 5.14. The zero-order valence-corrected chi connectivity index (χ0v) is 16.7. The zero-order valence-electron chi connectivity index (χ0n) is 15.1. The Labute approximate surface area is 171 Å². The Kier molecular flexibility index (Phi) is 6.05. The van der Waals surface area contributed by atoms with Crippen LogP contribution in [-0.4, -0.2) is 20.1 Å². The van der Waals surface area contributed by atoms with Crippen molar-refractivity contribution in [3.63, 3.8) is 0 Å². The van der Waals surface area contributed by atoms with E-state index in [0.29, 0.717) is 12.1 Å². The third kappa shape index (κ3) is 4.64. The van der Waals surface area contributed by atoms with Crippen molar-refractivity contribution in [2.24, 2.45) is 5.92 Å². The highest BCUT2D eigenvalue weighted by molar-refractivity contribution is 7.91. The van der Waals surface area contributed by atoms with Gasteiger partial charge in [0.05, 0.1) is 15.7 Å². The molecule has 0 spiro atoms. The number of amides is 1. The van der Waals surface area contributed by atoms with Gasteiger partial charge in [-0.1, -0.05) is 23.8 Å². The number of benzene rings is 2. The van der Waals surface area contributed by atoms with E-state index in [1.807, 2.05) is 0 Å². The summed E-state index contributed by atoms with van der Waals surface area (Å²) in [6.07, 6.45) is 2.37. The quantitative estimate of drug-likeness (QED) is 0.514. The van der Waals surface area contributed by atoms with Crippen LogP contribution >= 0.6 is 11.6 Å². The maximum Gasteiger partial charge on any atom is 0.255 e. The number of allylic oxidation sites excluding steroid dienone is 1. The van der Waals surface area contributed by atoms with Crippen LogP contribution in [0.1, 0.15) is 29.6 Å². The van der Waals surface area contributed by atoms with Crippen molar-refractivity contribution in [1.82, 2.24) is 0 Å². The third-order valence-corrected chi connectivity index (χ3v) is 7.11. The first-order valence-electron chi connectivity index (χ1n) is 8.74. The lowest BCUT2D eigenvalue weighted by molar-refractivity contribution is 0.102. The summed E-state index contributed by atoms with van der Waals surface area (Å²) < 4.78 is 65.3. The van der Waals surface area contributed by atoms with Gasteiger partial charge in [-0.25, -0.2) is 21.6 Å². The molecule has 9 heteroatoms. The van der Waals surface area contributed by atoms with E-state index in [1.54, 1.807) is 0 Å². The van der Waals surface area contributed by atoms with Crippen LogP contribution in [-0.2, 0) is 9.84 Å². The molecule has 0 radical (unpaired) electrons. The van der Waals surface area contributed by atoms with Crippen LogP contribution in [0.5, 0.6) is 0 Å². The molecule has 3 rings (SSSR count). The number of anilines is 1. The van der Waals surface area contributed by atoms with E-state index in [-0.39, 0.29) is 32.8 Å². The van der Waals surface area contributed by atoms with Gasteiger partial charge < -0.3 is 5.32 Å². The number of halogens is 4. The van der Waals surface area contributed by atoms with Gasteiger partial charge in [0.25, 0.3) is 5.91 Å². The number of sulfone groups is 1. The number of rotatable bonds is 5. The van der Waals surface area contributed by atoms with Gasteiger partial charge in [-0.05, 0) is 43.4 Å². The molecule has 0 bridgehead atoms. The van der Waals surface area contributed by atoms with E-state index >= 15 is 0 Å². The van der Waals surface area contributed by atoms with E-state index in [4.69, 9.17) is 11.6 Å². The van der Waals surface area contributed by atoms with Crippen LogP contribution in [0.3, 0.4) is 0 Å². The van der Waals surface area contributed by atoms with Crippen molar-refractivity contribution in [2.75, 3.05) is 11.1 Å². The molecule has 1 atom stereocenters. The van der Waals surface area contributed by atoms with E-state index in [0.717, 1.165) is 30.9 Å². The summed E-state index contributed by atoms with van der Waals surface area (Å²) in [5.74, 6) is -5.73. The second-order valence-electron chi connectivity index (χ2n) is 6.88. The molecular weight excluding hydrogens is 427 g/mol. The van der Waals surface area contributed by atoms with E-state index in [2.05, 4.69) is 11.9 Å². The van der Waals surface area contributed by atoms with Crippen LogP contribution in [0.25, 0.3) is 0 Å². The van der Waals surface area contributed by atoms with Crippen molar-refractivity contribution in [2.45, 2.75) is 24.2 Å². The Bertz CT molecular complexity index is 1080. The van der Waals surface area contributed by atoms with E-state index in [9.17, 15) is 26.4 Å². The number of hydrogen-bond donors (Lipinski definition) is 1.